The van der Waals surface area contributed by atoms with Crippen LogP contribution in [0, 0.1) is 0 Å². The van der Waals surface area contributed by atoms with Crippen LogP contribution in [0.1, 0.15) is 11.4 Å². The molecule has 1 aromatic carbocycles. The van der Waals surface area contributed by atoms with Crippen molar-refractivity contribution >= 4 is 29.6 Å². The van der Waals surface area contributed by atoms with Gasteiger partial charge in [-0.25, -0.2) is 9.97 Å². The van der Waals surface area contributed by atoms with Crippen LogP contribution in [-0.2, 0) is 0 Å². The Kier molecular flexibility index (Phi) is 3.17. The Morgan fingerprint density at radius 2 is 2.06 bits per heavy atom. The summed E-state index contributed by atoms with van der Waals surface area (Å²) in [5.41, 5.74) is 6.54. The van der Waals surface area contributed by atoms with Gasteiger partial charge in [-0.3, -0.25) is 0 Å². The number of aromatic nitrogens is 2. The molecule has 4 heteroatoms. The summed E-state index contributed by atoms with van der Waals surface area (Å²) in [7, 11) is 0. The first-order valence-corrected chi connectivity index (χ1v) is 5.14. The van der Waals surface area contributed by atoms with Crippen molar-refractivity contribution in [1.82, 2.24) is 9.97 Å². The molecule has 80 valence electrons. The van der Waals surface area contributed by atoms with Gasteiger partial charge >= 0.3 is 0 Å². The zero-order valence-electron chi connectivity index (χ0n) is 8.47. The second-order valence-corrected chi connectivity index (χ2v) is 3.66. The average Bonchev–Trinajstić information content (AvgIpc) is 2.27. The largest absolute Gasteiger partial charge is 0.384 e. The van der Waals surface area contributed by atoms with E-state index in [2.05, 4.69) is 9.97 Å². The molecule has 0 unspecified atom stereocenters. The Labute approximate surface area is 98.6 Å². The summed E-state index contributed by atoms with van der Waals surface area (Å²) in [4.78, 5) is 8.12. The third-order valence-corrected chi connectivity index (χ3v) is 2.20. The third-order valence-electron chi connectivity index (χ3n) is 1.97. The van der Waals surface area contributed by atoms with Gasteiger partial charge in [0.25, 0.3) is 0 Å². The Balaban J connectivity index is 2.21. The molecule has 0 fully saturated rings. The Morgan fingerprint density at radius 1 is 1.19 bits per heavy atom. The van der Waals surface area contributed by atoms with Gasteiger partial charge in [-0.1, -0.05) is 29.8 Å². The van der Waals surface area contributed by atoms with E-state index in [0.717, 1.165) is 5.56 Å². The topological polar surface area (TPSA) is 51.8 Å². The van der Waals surface area contributed by atoms with E-state index in [0.29, 0.717) is 16.7 Å². The monoisotopic (exact) mass is 231 g/mol. The average molecular weight is 232 g/mol. The summed E-state index contributed by atoms with van der Waals surface area (Å²) in [6.07, 6.45) is 5.31. The van der Waals surface area contributed by atoms with Crippen LogP contribution in [0.2, 0.25) is 5.02 Å². The second-order valence-electron chi connectivity index (χ2n) is 3.23. The van der Waals surface area contributed by atoms with Crippen molar-refractivity contribution in [2.45, 2.75) is 0 Å². The minimum Gasteiger partial charge on any atom is -0.384 e. The van der Waals surface area contributed by atoms with E-state index in [1.54, 1.807) is 18.3 Å². The maximum absolute atomic E-state index is 5.87. The minimum absolute atomic E-state index is 0.459. The van der Waals surface area contributed by atoms with Crippen molar-refractivity contribution in [3.63, 3.8) is 0 Å². The van der Waals surface area contributed by atoms with Crippen LogP contribution in [0.15, 0.2) is 36.5 Å². The van der Waals surface area contributed by atoms with Gasteiger partial charge in [0.2, 0.25) is 0 Å². The number of rotatable bonds is 2. The Bertz CT molecular complexity index is 476. The number of nitrogen functional groups attached to an aromatic ring is 1. The lowest BCUT2D eigenvalue weighted by Gasteiger charge is -1.95. The first-order valence-electron chi connectivity index (χ1n) is 4.76. The van der Waals surface area contributed by atoms with Gasteiger partial charge < -0.3 is 5.73 Å². The highest BCUT2D eigenvalue weighted by atomic mass is 35.5. The molecule has 0 aliphatic rings. The lowest BCUT2D eigenvalue weighted by atomic mass is 10.2. The number of halogens is 1. The highest BCUT2D eigenvalue weighted by molar-refractivity contribution is 6.30. The third kappa shape index (κ3) is 2.81. The summed E-state index contributed by atoms with van der Waals surface area (Å²) >= 11 is 5.87. The molecule has 0 aliphatic carbocycles. The van der Waals surface area contributed by atoms with Gasteiger partial charge in [-0.05, 0) is 29.8 Å². The molecule has 2 aromatic rings. The summed E-state index contributed by atoms with van der Waals surface area (Å²) in [6, 6.07) is 9.19. The molecule has 0 spiro atoms. The van der Waals surface area contributed by atoms with Crippen molar-refractivity contribution in [3.8, 4) is 0 Å². The molecule has 0 amide bonds. The molecule has 0 aliphatic heterocycles. The zero-order chi connectivity index (χ0) is 11.4. The minimum atomic E-state index is 0.459. The Hall–Kier alpha value is -1.87. The molecule has 1 heterocycles. The SMILES string of the molecule is Nc1ccnc(/C=C/c2cccc(Cl)c2)n1. The highest BCUT2D eigenvalue weighted by Gasteiger charge is 1.92. The molecule has 0 bridgehead atoms. The van der Waals surface area contributed by atoms with Gasteiger partial charge in [0, 0.05) is 11.2 Å². The molecule has 0 saturated carbocycles. The van der Waals surface area contributed by atoms with Crippen LogP contribution in [0.5, 0.6) is 0 Å². The zero-order valence-corrected chi connectivity index (χ0v) is 9.22. The van der Waals surface area contributed by atoms with E-state index in [4.69, 9.17) is 17.3 Å². The van der Waals surface area contributed by atoms with E-state index >= 15 is 0 Å². The van der Waals surface area contributed by atoms with Crippen molar-refractivity contribution in [2.24, 2.45) is 0 Å². The molecule has 2 N–H and O–H groups in total. The standard InChI is InChI=1S/C12H10ClN3/c13-10-3-1-2-9(8-10)4-5-12-15-7-6-11(14)16-12/h1-8H,(H2,14,15,16)/b5-4+. The van der Waals surface area contributed by atoms with Gasteiger partial charge in [-0.2, -0.15) is 0 Å². The normalized spacial score (nSPS) is 10.8. The van der Waals surface area contributed by atoms with E-state index in [1.807, 2.05) is 30.3 Å². The highest BCUT2D eigenvalue weighted by Crippen LogP contribution is 2.12. The predicted molar refractivity (Wildman–Crippen MR) is 66.8 cm³/mol. The van der Waals surface area contributed by atoms with Crippen LogP contribution in [0.25, 0.3) is 12.2 Å². The molecule has 0 radical (unpaired) electrons. The fourth-order valence-corrected chi connectivity index (χ4v) is 1.45. The van der Waals surface area contributed by atoms with Gasteiger partial charge in [0.1, 0.15) is 5.82 Å². The number of hydrogen-bond donors (Lipinski definition) is 1. The van der Waals surface area contributed by atoms with Crippen LogP contribution in [0.3, 0.4) is 0 Å². The summed E-state index contributed by atoms with van der Waals surface area (Å²) in [5, 5.41) is 0.704. The molecular weight excluding hydrogens is 222 g/mol. The summed E-state index contributed by atoms with van der Waals surface area (Å²) < 4.78 is 0. The maximum atomic E-state index is 5.87. The lowest BCUT2D eigenvalue weighted by molar-refractivity contribution is 1.14. The molecule has 1 aromatic heterocycles. The molecular formula is C12H10ClN3. The number of benzene rings is 1. The van der Waals surface area contributed by atoms with Crippen LogP contribution in [-0.4, -0.2) is 9.97 Å². The van der Waals surface area contributed by atoms with Crippen molar-refractivity contribution in [1.29, 1.82) is 0 Å². The second kappa shape index (κ2) is 4.77. The fraction of sp³-hybridized carbons (Fsp3) is 0. The van der Waals surface area contributed by atoms with Gasteiger partial charge in [0.15, 0.2) is 5.82 Å². The smallest absolute Gasteiger partial charge is 0.154 e. The fourth-order valence-electron chi connectivity index (χ4n) is 1.25. The molecule has 3 nitrogen and oxygen atoms in total. The van der Waals surface area contributed by atoms with Crippen molar-refractivity contribution in [2.75, 3.05) is 5.73 Å². The molecule has 0 saturated heterocycles. The first kappa shape index (κ1) is 10.6. The lowest BCUT2D eigenvalue weighted by Crippen LogP contribution is -1.93. The summed E-state index contributed by atoms with van der Waals surface area (Å²) in [6.45, 7) is 0. The molecule has 2 rings (SSSR count). The van der Waals surface area contributed by atoms with Crippen LogP contribution in [0.4, 0.5) is 5.82 Å². The van der Waals surface area contributed by atoms with Crippen LogP contribution < -0.4 is 5.73 Å². The van der Waals surface area contributed by atoms with E-state index < -0.39 is 0 Å². The van der Waals surface area contributed by atoms with Crippen LogP contribution >= 0.6 is 11.6 Å². The Morgan fingerprint density at radius 3 is 2.81 bits per heavy atom. The quantitative estimate of drug-likeness (QED) is 0.865. The van der Waals surface area contributed by atoms with Crippen molar-refractivity contribution < 1.29 is 0 Å². The van der Waals surface area contributed by atoms with E-state index in [1.165, 1.54) is 0 Å². The molecule has 0 atom stereocenters. The maximum Gasteiger partial charge on any atom is 0.154 e. The van der Waals surface area contributed by atoms with E-state index in [9.17, 15) is 0 Å². The van der Waals surface area contributed by atoms with Gasteiger partial charge in [0.05, 0.1) is 0 Å². The number of nitrogens with zero attached hydrogens (tertiary/aromatic N) is 2. The first-order chi connectivity index (χ1) is 7.74. The number of anilines is 1. The number of nitrogens with two attached hydrogens (primary N) is 1. The predicted octanol–water partition coefficient (Wildman–Crippen LogP) is 2.88. The summed E-state index contributed by atoms with van der Waals surface area (Å²) in [5.74, 6) is 1.04. The molecule has 16 heavy (non-hydrogen) atoms. The van der Waals surface area contributed by atoms with Gasteiger partial charge in [-0.15, -0.1) is 0 Å². The van der Waals surface area contributed by atoms with Crippen molar-refractivity contribution in [3.05, 3.63) is 52.9 Å². The number of hydrogen-bond acceptors (Lipinski definition) is 3. The van der Waals surface area contributed by atoms with E-state index in [-0.39, 0.29) is 0 Å².